The van der Waals surface area contributed by atoms with Crippen molar-refractivity contribution in [3.63, 3.8) is 0 Å². The Morgan fingerprint density at radius 1 is 1.40 bits per heavy atom. The van der Waals surface area contributed by atoms with E-state index in [1.165, 1.54) is 0 Å². The molecule has 0 radical (unpaired) electrons. The van der Waals surface area contributed by atoms with Crippen LogP contribution in [0.4, 0.5) is 0 Å². The van der Waals surface area contributed by atoms with Gasteiger partial charge in [0, 0.05) is 5.57 Å². The Morgan fingerprint density at radius 2 is 1.80 bits per heavy atom. The summed E-state index contributed by atoms with van der Waals surface area (Å²) >= 11 is 0. The van der Waals surface area contributed by atoms with Crippen molar-refractivity contribution in [2.24, 2.45) is 0 Å². The van der Waals surface area contributed by atoms with Crippen LogP contribution in [0.15, 0.2) is 37.0 Å². The topological polar surface area (TPSA) is 17.1 Å². The van der Waals surface area contributed by atoms with Crippen LogP contribution in [0.25, 0.3) is 0 Å². The average molecular weight is 138 g/mol. The van der Waals surface area contributed by atoms with Gasteiger partial charge in [-0.1, -0.05) is 12.7 Å². The summed E-state index contributed by atoms with van der Waals surface area (Å²) in [5.74, 6) is 0. The second-order valence-electron chi connectivity index (χ2n) is 1.64. The Morgan fingerprint density at radius 3 is 1.80 bits per heavy atom. The van der Waals surface area contributed by atoms with Crippen LogP contribution in [0.1, 0.15) is 13.8 Å². The van der Waals surface area contributed by atoms with Crippen molar-refractivity contribution in [1.82, 2.24) is 0 Å². The molecule has 0 saturated heterocycles. The van der Waals surface area contributed by atoms with E-state index in [0.29, 0.717) is 5.57 Å². The van der Waals surface area contributed by atoms with Crippen molar-refractivity contribution in [3.05, 3.63) is 37.0 Å². The van der Waals surface area contributed by atoms with Gasteiger partial charge < -0.3 is 0 Å². The zero-order valence-electron chi connectivity index (χ0n) is 6.68. The zero-order valence-corrected chi connectivity index (χ0v) is 6.68. The lowest BCUT2D eigenvalue weighted by Crippen LogP contribution is -1.82. The van der Waals surface area contributed by atoms with Crippen molar-refractivity contribution in [2.45, 2.75) is 13.8 Å². The molecule has 0 atom stereocenters. The Balaban J connectivity index is 0. The van der Waals surface area contributed by atoms with Crippen molar-refractivity contribution in [1.29, 1.82) is 0 Å². The Bertz CT molecular complexity index is 143. The Labute approximate surface area is 62.8 Å². The number of carbonyl (C=O) groups excluding carboxylic acids is 1. The van der Waals surface area contributed by atoms with Gasteiger partial charge in [0.2, 0.25) is 0 Å². The minimum atomic E-state index is 0.685. The van der Waals surface area contributed by atoms with Gasteiger partial charge in [0.25, 0.3) is 0 Å². The molecule has 0 rings (SSSR count). The predicted molar refractivity (Wildman–Crippen MR) is 45.9 cm³/mol. The highest BCUT2D eigenvalue weighted by atomic mass is 16.1. The van der Waals surface area contributed by atoms with Crippen LogP contribution in [0, 0.1) is 0 Å². The van der Waals surface area contributed by atoms with Gasteiger partial charge in [-0.25, -0.2) is 0 Å². The number of rotatable bonds is 2. The minimum Gasteiger partial charge on any atom is -0.298 e. The molecular weight excluding hydrogens is 124 g/mol. The maximum atomic E-state index is 10.0. The molecule has 0 aliphatic carbocycles. The van der Waals surface area contributed by atoms with Gasteiger partial charge in [0.05, 0.1) is 0 Å². The molecule has 0 aromatic rings. The lowest BCUT2D eigenvalue weighted by molar-refractivity contribution is -0.104. The third kappa shape index (κ3) is 5.04. The summed E-state index contributed by atoms with van der Waals surface area (Å²) in [5, 5.41) is 0. The minimum absolute atomic E-state index is 0.685. The summed E-state index contributed by atoms with van der Waals surface area (Å²) < 4.78 is 0. The molecule has 0 aromatic carbocycles. The first-order valence-electron chi connectivity index (χ1n) is 2.99. The first kappa shape index (κ1) is 11.7. The lowest BCUT2D eigenvalue weighted by Gasteiger charge is -1.90. The van der Waals surface area contributed by atoms with Crippen molar-refractivity contribution in [2.75, 3.05) is 0 Å². The maximum Gasteiger partial charge on any atom is 0.149 e. The van der Waals surface area contributed by atoms with E-state index in [0.717, 1.165) is 11.9 Å². The smallest absolute Gasteiger partial charge is 0.149 e. The van der Waals surface area contributed by atoms with Gasteiger partial charge in [-0.15, -0.1) is 13.2 Å². The maximum absolute atomic E-state index is 10.0. The van der Waals surface area contributed by atoms with E-state index in [1.54, 1.807) is 6.08 Å². The van der Waals surface area contributed by atoms with Crippen LogP contribution in [-0.2, 0) is 4.79 Å². The van der Waals surface area contributed by atoms with Gasteiger partial charge in [-0.3, -0.25) is 4.79 Å². The van der Waals surface area contributed by atoms with Crippen molar-refractivity contribution < 1.29 is 4.79 Å². The zero-order chi connectivity index (χ0) is 8.57. The fraction of sp³-hybridized carbons (Fsp3) is 0.222. The molecule has 0 aliphatic rings. The second kappa shape index (κ2) is 7.89. The average Bonchev–Trinajstić information content (AvgIpc) is 1.94. The van der Waals surface area contributed by atoms with E-state index < -0.39 is 0 Å². The molecule has 0 N–H and O–H groups in total. The molecule has 0 aliphatic heterocycles. The SMILES string of the molecule is C=C.C=C(C)/C(C=O)=C\C. The number of allylic oxidation sites excluding steroid dienone is 3. The molecule has 0 aromatic heterocycles. The highest BCUT2D eigenvalue weighted by Gasteiger charge is 1.89. The first-order chi connectivity index (χ1) is 4.72. The summed E-state index contributed by atoms with van der Waals surface area (Å²) in [5.41, 5.74) is 1.51. The van der Waals surface area contributed by atoms with Crippen LogP contribution < -0.4 is 0 Å². The number of aldehydes is 1. The molecule has 10 heavy (non-hydrogen) atoms. The Kier molecular flexibility index (Phi) is 9.20. The molecule has 1 nitrogen and oxygen atoms in total. The van der Waals surface area contributed by atoms with Crippen LogP contribution >= 0.6 is 0 Å². The summed E-state index contributed by atoms with van der Waals surface area (Å²) in [4.78, 5) is 10.0. The molecule has 0 heterocycles. The molecule has 56 valence electrons. The van der Waals surface area contributed by atoms with Gasteiger partial charge in [-0.2, -0.15) is 0 Å². The highest BCUT2D eigenvalue weighted by molar-refractivity contribution is 5.79. The molecule has 0 unspecified atom stereocenters. The Hall–Kier alpha value is -1.11. The van der Waals surface area contributed by atoms with Gasteiger partial charge in [0.15, 0.2) is 0 Å². The van der Waals surface area contributed by atoms with E-state index in [1.807, 2.05) is 13.8 Å². The largest absolute Gasteiger partial charge is 0.298 e. The summed E-state index contributed by atoms with van der Waals surface area (Å²) in [6.45, 7) is 13.2. The van der Waals surface area contributed by atoms with Crippen LogP contribution in [-0.4, -0.2) is 6.29 Å². The van der Waals surface area contributed by atoms with Gasteiger partial charge in [-0.05, 0) is 19.4 Å². The third-order valence-electron chi connectivity index (χ3n) is 0.931. The van der Waals surface area contributed by atoms with Crippen molar-refractivity contribution >= 4 is 6.29 Å². The van der Waals surface area contributed by atoms with Crippen LogP contribution in [0.2, 0.25) is 0 Å². The van der Waals surface area contributed by atoms with Crippen molar-refractivity contribution in [3.8, 4) is 0 Å². The molecule has 0 amide bonds. The molecular formula is C9H14O. The number of hydrogen-bond donors (Lipinski definition) is 0. The number of carbonyl (C=O) groups is 1. The first-order valence-corrected chi connectivity index (χ1v) is 2.99. The fourth-order valence-electron chi connectivity index (χ4n) is 0.415. The fourth-order valence-corrected chi connectivity index (χ4v) is 0.415. The van der Waals surface area contributed by atoms with Crippen LogP contribution in [0.3, 0.4) is 0 Å². The summed E-state index contributed by atoms with van der Waals surface area (Å²) in [7, 11) is 0. The van der Waals surface area contributed by atoms with Gasteiger partial charge >= 0.3 is 0 Å². The highest BCUT2D eigenvalue weighted by Crippen LogP contribution is 2.00. The van der Waals surface area contributed by atoms with E-state index in [2.05, 4.69) is 19.7 Å². The molecule has 0 fully saturated rings. The monoisotopic (exact) mass is 138 g/mol. The predicted octanol–water partition coefficient (Wildman–Crippen LogP) is 2.51. The quantitative estimate of drug-likeness (QED) is 0.248. The third-order valence-corrected chi connectivity index (χ3v) is 0.931. The second-order valence-corrected chi connectivity index (χ2v) is 1.64. The number of hydrogen-bond acceptors (Lipinski definition) is 1. The summed E-state index contributed by atoms with van der Waals surface area (Å²) in [6.07, 6.45) is 2.55. The van der Waals surface area contributed by atoms with E-state index >= 15 is 0 Å². The molecule has 0 bridgehead atoms. The standard InChI is InChI=1S/C7H10O.C2H4/c1-4-7(5-8)6(2)3;1-2/h4-5H,2H2,1,3H3;1-2H2/b7-4-;. The van der Waals surface area contributed by atoms with E-state index in [9.17, 15) is 4.79 Å². The molecule has 0 saturated carbocycles. The summed E-state index contributed by atoms with van der Waals surface area (Å²) in [6, 6.07) is 0. The van der Waals surface area contributed by atoms with E-state index in [4.69, 9.17) is 0 Å². The lowest BCUT2D eigenvalue weighted by atomic mass is 10.1. The van der Waals surface area contributed by atoms with E-state index in [-0.39, 0.29) is 0 Å². The molecule has 1 heteroatoms. The normalized spacial score (nSPS) is 9.20. The molecule has 0 spiro atoms. The van der Waals surface area contributed by atoms with Gasteiger partial charge in [0.1, 0.15) is 6.29 Å². The van der Waals surface area contributed by atoms with Crippen LogP contribution in [0.5, 0.6) is 0 Å².